The molecule has 2 aromatic carbocycles. The Labute approximate surface area is 164 Å². The van der Waals surface area contributed by atoms with E-state index < -0.39 is 21.9 Å². The summed E-state index contributed by atoms with van der Waals surface area (Å²) in [5, 5.41) is 2.54. The van der Waals surface area contributed by atoms with Crippen LogP contribution >= 0.6 is 0 Å². The standard InChI is InChI=1S/C20H22N2O5S/c1-4-27-19(24)13-12-18(23)21-16-8-10-17(11-9-16)28(25,26)22-20-14(2)6-5-7-15(20)3/h5-13,22H,4H2,1-3H3,(H,21,23)/b13-12+. The molecule has 0 bridgehead atoms. The second-order valence-corrected chi connectivity index (χ2v) is 7.65. The number of aryl methyl sites for hydroxylation is 2. The summed E-state index contributed by atoms with van der Waals surface area (Å²) in [7, 11) is -3.77. The highest BCUT2D eigenvalue weighted by Gasteiger charge is 2.16. The molecular formula is C20H22N2O5S. The van der Waals surface area contributed by atoms with Gasteiger partial charge in [-0.1, -0.05) is 18.2 Å². The van der Waals surface area contributed by atoms with Crippen LogP contribution in [0.5, 0.6) is 0 Å². The number of esters is 1. The molecule has 0 radical (unpaired) electrons. The maximum Gasteiger partial charge on any atom is 0.330 e. The Hall–Kier alpha value is -3.13. The number of hydrogen-bond acceptors (Lipinski definition) is 5. The number of anilines is 2. The summed E-state index contributed by atoms with van der Waals surface area (Å²) in [6.07, 6.45) is 2.07. The van der Waals surface area contributed by atoms with Crippen LogP contribution in [0.15, 0.2) is 59.5 Å². The molecule has 7 nitrogen and oxygen atoms in total. The summed E-state index contributed by atoms with van der Waals surface area (Å²) in [6, 6.07) is 11.2. The van der Waals surface area contributed by atoms with E-state index >= 15 is 0 Å². The average molecular weight is 402 g/mol. The van der Waals surface area contributed by atoms with Crippen LogP contribution in [0, 0.1) is 13.8 Å². The Bertz CT molecular complexity index is 976. The maximum atomic E-state index is 12.6. The normalized spacial score (nSPS) is 11.2. The summed E-state index contributed by atoms with van der Waals surface area (Å²) >= 11 is 0. The topological polar surface area (TPSA) is 102 Å². The highest BCUT2D eigenvalue weighted by atomic mass is 32.2. The highest BCUT2D eigenvalue weighted by Crippen LogP contribution is 2.24. The molecule has 0 atom stereocenters. The maximum absolute atomic E-state index is 12.6. The summed E-state index contributed by atoms with van der Waals surface area (Å²) in [5.41, 5.74) is 2.58. The average Bonchev–Trinajstić information content (AvgIpc) is 2.64. The largest absolute Gasteiger partial charge is 0.463 e. The van der Waals surface area contributed by atoms with Crippen molar-refractivity contribution in [2.45, 2.75) is 25.7 Å². The molecule has 0 aliphatic heterocycles. The minimum Gasteiger partial charge on any atom is -0.463 e. The molecule has 0 spiro atoms. The van der Waals surface area contributed by atoms with Crippen molar-refractivity contribution in [2.75, 3.05) is 16.6 Å². The van der Waals surface area contributed by atoms with Gasteiger partial charge in [0.05, 0.1) is 17.2 Å². The molecule has 1 amide bonds. The highest BCUT2D eigenvalue weighted by molar-refractivity contribution is 7.92. The minimum absolute atomic E-state index is 0.0650. The van der Waals surface area contributed by atoms with Crippen LogP contribution in [0.25, 0.3) is 0 Å². The second kappa shape index (κ2) is 9.18. The molecule has 8 heteroatoms. The van der Waals surface area contributed by atoms with E-state index in [2.05, 4.69) is 14.8 Å². The fraction of sp³-hybridized carbons (Fsp3) is 0.200. The number of carbonyl (C=O) groups is 2. The Balaban J connectivity index is 2.09. The van der Waals surface area contributed by atoms with Gasteiger partial charge in [-0.2, -0.15) is 0 Å². The van der Waals surface area contributed by atoms with Gasteiger partial charge in [0.2, 0.25) is 5.91 Å². The number of rotatable bonds is 7. The summed E-state index contributed by atoms with van der Waals surface area (Å²) in [4.78, 5) is 23.0. The van der Waals surface area contributed by atoms with Crippen LogP contribution in [0.4, 0.5) is 11.4 Å². The Kier molecular flexibility index (Phi) is 6.94. The first-order valence-electron chi connectivity index (χ1n) is 8.58. The van der Waals surface area contributed by atoms with Crippen molar-refractivity contribution in [3.63, 3.8) is 0 Å². The van der Waals surface area contributed by atoms with Crippen molar-refractivity contribution in [2.24, 2.45) is 0 Å². The van der Waals surface area contributed by atoms with Crippen molar-refractivity contribution in [3.05, 3.63) is 65.7 Å². The van der Waals surface area contributed by atoms with E-state index in [0.717, 1.165) is 23.3 Å². The first-order chi connectivity index (χ1) is 13.2. The third-order valence-corrected chi connectivity index (χ3v) is 5.17. The van der Waals surface area contributed by atoms with Gasteiger partial charge in [-0.05, 0) is 56.2 Å². The number of para-hydroxylation sites is 1. The van der Waals surface area contributed by atoms with Crippen molar-refractivity contribution in [1.29, 1.82) is 0 Å². The number of ether oxygens (including phenoxy) is 1. The Morgan fingerprint density at radius 3 is 2.18 bits per heavy atom. The number of hydrogen-bond donors (Lipinski definition) is 2. The van der Waals surface area contributed by atoms with Crippen LogP contribution in [0.3, 0.4) is 0 Å². The van der Waals surface area contributed by atoms with E-state index in [1.165, 1.54) is 24.3 Å². The number of sulfonamides is 1. The first kappa shape index (κ1) is 21.2. The molecule has 148 valence electrons. The quantitative estimate of drug-likeness (QED) is 0.547. The molecule has 0 saturated carbocycles. The number of benzene rings is 2. The SMILES string of the molecule is CCOC(=O)/C=C/C(=O)Nc1ccc(S(=O)(=O)Nc2c(C)cccc2C)cc1. The molecule has 0 saturated heterocycles. The fourth-order valence-corrected chi connectivity index (χ4v) is 3.61. The van der Waals surface area contributed by atoms with E-state index in [4.69, 9.17) is 0 Å². The van der Waals surface area contributed by atoms with Gasteiger partial charge in [0.25, 0.3) is 10.0 Å². The van der Waals surface area contributed by atoms with Crippen molar-refractivity contribution >= 4 is 33.3 Å². The molecule has 2 rings (SSSR count). The zero-order chi connectivity index (χ0) is 20.7. The molecule has 0 aromatic heterocycles. The molecule has 2 aromatic rings. The van der Waals surface area contributed by atoms with Crippen LogP contribution in [0.1, 0.15) is 18.1 Å². The lowest BCUT2D eigenvalue weighted by molar-refractivity contribution is -0.137. The predicted molar refractivity (Wildman–Crippen MR) is 108 cm³/mol. The lowest BCUT2D eigenvalue weighted by Gasteiger charge is -2.13. The van der Waals surface area contributed by atoms with Crippen molar-refractivity contribution in [3.8, 4) is 0 Å². The van der Waals surface area contributed by atoms with Crippen molar-refractivity contribution in [1.82, 2.24) is 0 Å². The molecule has 28 heavy (non-hydrogen) atoms. The van der Waals surface area contributed by atoms with Crippen LogP contribution < -0.4 is 10.0 Å². The summed E-state index contributed by atoms with van der Waals surface area (Å²) in [5.74, 6) is -1.14. The molecule has 0 aliphatic rings. The number of amides is 1. The fourth-order valence-electron chi connectivity index (χ4n) is 2.40. The van der Waals surface area contributed by atoms with E-state index in [1.54, 1.807) is 6.92 Å². The van der Waals surface area contributed by atoms with Gasteiger partial charge in [-0.15, -0.1) is 0 Å². The van der Waals surface area contributed by atoms with Gasteiger partial charge in [0, 0.05) is 17.8 Å². The van der Waals surface area contributed by atoms with Gasteiger partial charge in [-0.3, -0.25) is 9.52 Å². The Morgan fingerprint density at radius 1 is 1.00 bits per heavy atom. The van der Waals surface area contributed by atoms with Crippen molar-refractivity contribution < 1.29 is 22.7 Å². The van der Waals surface area contributed by atoms with Gasteiger partial charge in [-0.25, -0.2) is 13.2 Å². The minimum atomic E-state index is -3.77. The molecule has 0 fully saturated rings. The zero-order valence-electron chi connectivity index (χ0n) is 15.9. The van der Waals surface area contributed by atoms with E-state index in [1.807, 2.05) is 32.0 Å². The van der Waals surface area contributed by atoms with E-state index in [-0.39, 0.29) is 11.5 Å². The van der Waals surface area contributed by atoms with Crippen LogP contribution in [-0.2, 0) is 24.3 Å². The monoisotopic (exact) mass is 402 g/mol. The number of nitrogens with one attached hydrogen (secondary N) is 2. The molecule has 0 heterocycles. The van der Waals surface area contributed by atoms with Gasteiger partial charge < -0.3 is 10.1 Å². The van der Waals surface area contributed by atoms with Gasteiger partial charge in [0.15, 0.2) is 0 Å². The summed E-state index contributed by atoms with van der Waals surface area (Å²) < 4.78 is 32.5. The lowest BCUT2D eigenvalue weighted by atomic mass is 10.1. The molecule has 2 N–H and O–H groups in total. The van der Waals surface area contributed by atoms with E-state index in [0.29, 0.717) is 11.4 Å². The van der Waals surface area contributed by atoms with E-state index in [9.17, 15) is 18.0 Å². The number of carbonyl (C=O) groups excluding carboxylic acids is 2. The predicted octanol–water partition coefficient (Wildman–Crippen LogP) is 3.16. The second-order valence-electron chi connectivity index (χ2n) is 5.97. The van der Waals surface area contributed by atoms with Crippen LogP contribution in [-0.4, -0.2) is 26.9 Å². The smallest absolute Gasteiger partial charge is 0.330 e. The van der Waals surface area contributed by atoms with Gasteiger partial charge in [0.1, 0.15) is 0 Å². The molecule has 0 aliphatic carbocycles. The third-order valence-electron chi connectivity index (χ3n) is 3.81. The molecular weight excluding hydrogens is 380 g/mol. The first-order valence-corrected chi connectivity index (χ1v) is 10.1. The molecule has 0 unspecified atom stereocenters. The van der Waals surface area contributed by atoms with Gasteiger partial charge >= 0.3 is 5.97 Å². The Morgan fingerprint density at radius 2 is 1.61 bits per heavy atom. The lowest BCUT2D eigenvalue weighted by Crippen LogP contribution is -2.15. The van der Waals surface area contributed by atoms with Crippen LogP contribution in [0.2, 0.25) is 0 Å². The zero-order valence-corrected chi connectivity index (χ0v) is 16.7. The third kappa shape index (κ3) is 5.68. The summed E-state index contributed by atoms with van der Waals surface area (Å²) in [6.45, 7) is 5.54.